The minimum atomic E-state index is -0.466. The van der Waals surface area contributed by atoms with Gasteiger partial charge in [0, 0.05) is 11.7 Å². The van der Waals surface area contributed by atoms with Crippen LogP contribution in [0, 0.1) is 0 Å². The van der Waals surface area contributed by atoms with Gasteiger partial charge in [-0.1, -0.05) is 17.0 Å². The Hall–Kier alpha value is -2.93. The van der Waals surface area contributed by atoms with Crippen LogP contribution in [0.2, 0.25) is 0 Å². The van der Waals surface area contributed by atoms with Gasteiger partial charge in [0.25, 0.3) is 0 Å². The fourth-order valence-corrected chi connectivity index (χ4v) is 3.14. The van der Waals surface area contributed by atoms with Crippen molar-refractivity contribution in [1.82, 2.24) is 20.1 Å². The Morgan fingerprint density at radius 2 is 1.85 bits per heavy atom. The fourth-order valence-electron chi connectivity index (χ4n) is 3.14. The molecule has 0 spiro atoms. The van der Waals surface area contributed by atoms with E-state index in [1.807, 2.05) is 30.3 Å². The number of benzene rings is 2. The van der Waals surface area contributed by atoms with Crippen molar-refractivity contribution in [1.29, 1.82) is 0 Å². The summed E-state index contributed by atoms with van der Waals surface area (Å²) in [5, 5.41) is 11.4. The molecule has 1 aliphatic rings. The van der Waals surface area contributed by atoms with E-state index in [2.05, 4.69) is 27.6 Å². The Bertz CT molecular complexity index is 898. The van der Waals surface area contributed by atoms with Crippen molar-refractivity contribution in [2.45, 2.75) is 18.9 Å². The van der Waals surface area contributed by atoms with Crippen LogP contribution in [0.1, 0.15) is 23.2 Å². The average molecular weight is 351 g/mol. The number of nitrogens with zero attached hydrogens (tertiary/aromatic N) is 4. The zero-order valence-electron chi connectivity index (χ0n) is 14.6. The van der Waals surface area contributed by atoms with Gasteiger partial charge in [-0.05, 0) is 74.6 Å². The predicted octanol–water partition coefficient (Wildman–Crippen LogP) is 2.21. The molecule has 1 fully saturated rings. The molecular weight excluding hydrogens is 330 g/mol. The fraction of sp³-hybridized carbons (Fsp3) is 0.316. The Balaban J connectivity index is 1.40. The van der Waals surface area contributed by atoms with Gasteiger partial charge >= 0.3 is 5.97 Å². The molecule has 1 aromatic heterocycles. The molecule has 1 aliphatic heterocycles. The van der Waals surface area contributed by atoms with E-state index in [-0.39, 0.29) is 0 Å². The number of fused-ring (bicyclic) bond motifs is 1. The molecule has 0 saturated carbocycles. The summed E-state index contributed by atoms with van der Waals surface area (Å²) in [6.45, 7) is 2.21. The summed E-state index contributed by atoms with van der Waals surface area (Å²) in [5.74, 6) is -0.466. The number of carbonyl (C=O) groups excluding carboxylic acids is 1. The molecule has 3 aromatic rings. The summed E-state index contributed by atoms with van der Waals surface area (Å²) in [5.41, 5.74) is 2.82. The number of nitrogens with one attached hydrogen (secondary N) is 1. The molecule has 0 atom stereocenters. The minimum Gasteiger partial charge on any atom is -0.382 e. The molecule has 1 saturated heterocycles. The summed E-state index contributed by atoms with van der Waals surface area (Å²) in [7, 11) is 2.15. The van der Waals surface area contributed by atoms with Gasteiger partial charge in [-0.25, -0.2) is 4.79 Å². The molecule has 4 rings (SSSR count). The van der Waals surface area contributed by atoms with E-state index in [1.165, 1.54) is 0 Å². The van der Waals surface area contributed by atoms with Crippen LogP contribution in [0.25, 0.3) is 11.0 Å². The van der Waals surface area contributed by atoms with E-state index in [0.717, 1.165) is 36.5 Å². The van der Waals surface area contributed by atoms with E-state index in [1.54, 1.807) is 18.2 Å². The highest BCUT2D eigenvalue weighted by molar-refractivity contribution is 5.90. The molecule has 0 unspecified atom stereocenters. The Morgan fingerprint density at radius 1 is 1.12 bits per heavy atom. The number of anilines is 1. The molecule has 2 aromatic carbocycles. The molecule has 1 N–H and O–H groups in total. The van der Waals surface area contributed by atoms with E-state index >= 15 is 0 Å². The number of para-hydroxylation sites is 1. The Labute approximate surface area is 151 Å². The first-order chi connectivity index (χ1) is 12.7. The van der Waals surface area contributed by atoms with Gasteiger partial charge in [-0.3, -0.25) is 0 Å². The molecule has 7 nitrogen and oxygen atoms in total. The van der Waals surface area contributed by atoms with Gasteiger partial charge in [0.1, 0.15) is 11.0 Å². The maximum absolute atomic E-state index is 12.4. The van der Waals surface area contributed by atoms with Crippen LogP contribution < -0.4 is 10.2 Å². The first-order valence-electron chi connectivity index (χ1n) is 8.77. The lowest BCUT2D eigenvalue weighted by Gasteiger charge is -2.30. The van der Waals surface area contributed by atoms with Crippen molar-refractivity contribution < 1.29 is 9.63 Å². The van der Waals surface area contributed by atoms with Gasteiger partial charge in [-0.15, -0.1) is 5.10 Å². The highest BCUT2D eigenvalue weighted by Crippen LogP contribution is 2.17. The van der Waals surface area contributed by atoms with Crippen LogP contribution in [0.4, 0.5) is 5.69 Å². The number of piperidine rings is 1. The largest absolute Gasteiger partial charge is 0.382 e. The van der Waals surface area contributed by atoms with Gasteiger partial charge in [0.05, 0.1) is 5.56 Å². The molecule has 26 heavy (non-hydrogen) atoms. The topological polar surface area (TPSA) is 72.3 Å². The van der Waals surface area contributed by atoms with Gasteiger partial charge < -0.3 is 15.1 Å². The molecule has 2 heterocycles. The maximum Gasteiger partial charge on any atom is 0.365 e. The predicted molar refractivity (Wildman–Crippen MR) is 99.0 cm³/mol. The van der Waals surface area contributed by atoms with Crippen molar-refractivity contribution in [3.05, 3.63) is 54.1 Å². The summed E-state index contributed by atoms with van der Waals surface area (Å²) >= 11 is 0. The summed E-state index contributed by atoms with van der Waals surface area (Å²) < 4.78 is 0. The third-order valence-electron chi connectivity index (χ3n) is 4.70. The molecule has 7 heteroatoms. The first-order valence-corrected chi connectivity index (χ1v) is 8.77. The number of carbonyl (C=O) groups is 1. The van der Waals surface area contributed by atoms with Crippen molar-refractivity contribution in [2.24, 2.45) is 0 Å². The lowest BCUT2D eigenvalue weighted by atomic mass is 10.1. The number of rotatable bonds is 4. The minimum absolute atomic E-state index is 0.466. The SMILES string of the molecule is CN1CCC(Nc2ccc(C(=O)On3nnc4ccccc43)cc2)CC1. The van der Waals surface area contributed by atoms with Gasteiger partial charge in [0.2, 0.25) is 0 Å². The highest BCUT2D eigenvalue weighted by Gasteiger charge is 2.17. The van der Waals surface area contributed by atoms with Crippen LogP contribution >= 0.6 is 0 Å². The maximum atomic E-state index is 12.4. The normalized spacial score (nSPS) is 15.9. The third-order valence-corrected chi connectivity index (χ3v) is 4.70. The van der Waals surface area contributed by atoms with E-state index in [0.29, 0.717) is 22.6 Å². The average Bonchev–Trinajstić information content (AvgIpc) is 3.07. The Kier molecular flexibility index (Phi) is 4.53. The number of hydrogen-bond donors (Lipinski definition) is 1. The Morgan fingerprint density at radius 3 is 2.62 bits per heavy atom. The zero-order chi connectivity index (χ0) is 17.9. The monoisotopic (exact) mass is 351 g/mol. The smallest absolute Gasteiger partial charge is 0.365 e. The number of aromatic nitrogens is 3. The second-order valence-electron chi connectivity index (χ2n) is 6.63. The molecule has 0 amide bonds. The molecule has 0 radical (unpaired) electrons. The number of hydrogen-bond acceptors (Lipinski definition) is 6. The van der Waals surface area contributed by atoms with Gasteiger partial charge in [0.15, 0.2) is 0 Å². The molecule has 0 bridgehead atoms. The second-order valence-corrected chi connectivity index (χ2v) is 6.63. The lowest BCUT2D eigenvalue weighted by molar-refractivity contribution is 0.0409. The molecule has 134 valence electrons. The quantitative estimate of drug-likeness (QED) is 0.727. The molecule has 0 aliphatic carbocycles. The summed E-state index contributed by atoms with van der Waals surface area (Å²) in [4.78, 5) is 21.2. The van der Waals surface area contributed by atoms with Crippen LogP contribution in [-0.4, -0.2) is 52.2 Å². The van der Waals surface area contributed by atoms with Crippen molar-refractivity contribution in [3.63, 3.8) is 0 Å². The van der Waals surface area contributed by atoms with Crippen molar-refractivity contribution in [2.75, 3.05) is 25.5 Å². The van der Waals surface area contributed by atoms with E-state index in [4.69, 9.17) is 4.84 Å². The van der Waals surface area contributed by atoms with Crippen molar-refractivity contribution >= 4 is 22.7 Å². The van der Waals surface area contributed by atoms with E-state index < -0.39 is 5.97 Å². The summed E-state index contributed by atoms with van der Waals surface area (Å²) in [6, 6.07) is 15.2. The summed E-state index contributed by atoms with van der Waals surface area (Å²) in [6.07, 6.45) is 2.25. The van der Waals surface area contributed by atoms with Crippen LogP contribution in [0.3, 0.4) is 0 Å². The van der Waals surface area contributed by atoms with Gasteiger partial charge in [-0.2, -0.15) is 0 Å². The zero-order valence-corrected chi connectivity index (χ0v) is 14.6. The van der Waals surface area contributed by atoms with Crippen molar-refractivity contribution in [3.8, 4) is 0 Å². The third kappa shape index (κ3) is 3.52. The first kappa shape index (κ1) is 16.5. The number of likely N-dealkylation sites (tertiary alicyclic amines) is 1. The second kappa shape index (κ2) is 7.13. The van der Waals surface area contributed by atoms with Crippen LogP contribution in [0.15, 0.2) is 48.5 Å². The van der Waals surface area contributed by atoms with E-state index in [9.17, 15) is 4.79 Å². The highest BCUT2D eigenvalue weighted by atomic mass is 16.7. The molecular formula is C19H21N5O2. The lowest BCUT2D eigenvalue weighted by Crippen LogP contribution is -2.36. The van der Waals surface area contributed by atoms with Crippen LogP contribution in [0.5, 0.6) is 0 Å². The standard InChI is InChI=1S/C19H21N5O2/c1-23-12-10-16(11-13-23)20-15-8-6-14(7-9-15)19(25)26-24-18-5-3-2-4-17(18)21-22-24/h2-9,16,20H,10-13H2,1H3. The van der Waals surface area contributed by atoms with Crippen LogP contribution in [-0.2, 0) is 0 Å².